The fraction of sp³-hybridized carbons (Fsp3) is 0.333. The van der Waals surface area contributed by atoms with Crippen LogP contribution in [0.5, 0.6) is 0 Å². The molecule has 2 aromatic rings. The number of fused-ring (bicyclic) bond motifs is 1. The molecule has 102 valence electrons. The standard InChI is InChI=1S/C15H15ClN4/c16-12-3-1-11(2-4-12)6-8-20-15-5-7-18-10-13(15)14(9-17)19-20/h1-4,18H,5-8,10H2. The van der Waals surface area contributed by atoms with E-state index in [4.69, 9.17) is 16.9 Å². The number of aromatic nitrogens is 2. The highest BCUT2D eigenvalue weighted by molar-refractivity contribution is 6.30. The lowest BCUT2D eigenvalue weighted by molar-refractivity contribution is 0.550. The highest BCUT2D eigenvalue weighted by Crippen LogP contribution is 2.18. The lowest BCUT2D eigenvalue weighted by Gasteiger charge is -2.15. The number of nitriles is 1. The highest BCUT2D eigenvalue weighted by Gasteiger charge is 2.20. The molecule has 0 amide bonds. The molecule has 1 aliphatic rings. The molecule has 1 aromatic heterocycles. The van der Waals surface area contributed by atoms with Gasteiger partial charge in [-0.3, -0.25) is 4.68 Å². The van der Waals surface area contributed by atoms with E-state index in [9.17, 15) is 0 Å². The smallest absolute Gasteiger partial charge is 0.167 e. The summed E-state index contributed by atoms with van der Waals surface area (Å²) in [5.74, 6) is 0. The van der Waals surface area contributed by atoms with Gasteiger partial charge in [-0.05, 0) is 24.1 Å². The summed E-state index contributed by atoms with van der Waals surface area (Å²) in [6.45, 7) is 2.50. The van der Waals surface area contributed by atoms with Crippen molar-refractivity contribution in [2.24, 2.45) is 0 Å². The van der Waals surface area contributed by atoms with Crippen LogP contribution in [-0.2, 0) is 25.9 Å². The van der Waals surface area contributed by atoms with Crippen LogP contribution in [0.15, 0.2) is 24.3 Å². The summed E-state index contributed by atoms with van der Waals surface area (Å²) in [7, 11) is 0. The van der Waals surface area contributed by atoms with Crippen LogP contribution in [0.1, 0.15) is 22.5 Å². The summed E-state index contributed by atoms with van der Waals surface area (Å²) in [6, 6.07) is 10.1. The summed E-state index contributed by atoms with van der Waals surface area (Å²) in [6.07, 6.45) is 1.83. The Morgan fingerprint density at radius 1 is 1.35 bits per heavy atom. The molecular formula is C15H15ClN4. The minimum atomic E-state index is 0.559. The molecule has 1 aliphatic heterocycles. The molecule has 0 unspecified atom stereocenters. The van der Waals surface area contributed by atoms with Crippen LogP contribution >= 0.6 is 11.6 Å². The summed E-state index contributed by atoms with van der Waals surface area (Å²) < 4.78 is 1.99. The number of rotatable bonds is 3. The van der Waals surface area contributed by atoms with Gasteiger partial charge in [-0.15, -0.1) is 0 Å². The first-order chi connectivity index (χ1) is 9.78. The molecule has 0 saturated carbocycles. The topological polar surface area (TPSA) is 53.6 Å². The maximum absolute atomic E-state index is 9.15. The Balaban J connectivity index is 1.79. The zero-order valence-electron chi connectivity index (χ0n) is 11.1. The van der Waals surface area contributed by atoms with Gasteiger partial charge in [0.05, 0.1) is 0 Å². The maximum atomic E-state index is 9.15. The molecule has 0 atom stereocenters. The van der Waals surface area contributed by atoms with E-state index < -0.39 is 0 Å². The lowest BCUT2D eigenvalue weighted by atomic mass is 10.1. The van der Waals surface area contributed by atoms with E-state index in [0.29, 0.717) is 5.69 Å². The number of hydrogen-bond donors (Lipinski definition) is 1. The molecule has 0 fully saturated rings. The van der Waals surface area contributed by atoms with Crippen molar-refractivity contribution >= 4 is 11.6 Å². The molecule has 0 saturated heterocycles. The van der Waals surface area contributed by atoms with Crippen LogP contribution < -0.4 is 5.32 Å². The van der Waals surface area contributed by atoms with E-state index in [-0.39, 0.29) is 0 Å². The normalized spacial score (nSPS) is 13.8. The first-order valence-electron chi connectivity index (χ1n) is 6.72. The maximum Gasteiger partial charge on any atom is 0.167 e. The van der Waals surface area contributed by atoms with Gasteiger partial charge in [0, 0.05) is 42.3 Å². The quantitative estimate of drug-likeness (QED) is 0.942. The molecule has 3 rings (SSSR count). The second-order valence-electron chi connectivity index (χ2n) is 4.91. The first-order valence-corrected chi connectivity index (χ1v) is 7.09. The highest BCUT2D eigenvalue weighted by atomic mass is 35.5. The van der Waals surface area contributed by atoms with Crippen LogP contribution in [-0.4, -0.2) is 16.3 Å². The van der Waals surface area contributed by atoms with Crippen molar-refractivity contribution in [1.82, 2.24) is 15.1 Å². The summed E-state index contributed by atoms with van der Waals surface area (Å²) in [5.41, 5.74) is 4.05. The van der Waals surface area contributed by atoms with Crippen LogP contribution in [0.3, 0.4) is 0 Å². The molecule has 0 bridgehead atoms. The Bertz CT molecular complexity index is 652. The van der Waals surface area contributed by atoms with Crippen molar-refractivity contribution in [3.8, 4) is 6.07 Å². The van der Waals surface area contributed by atoms with E-state index in [1.54, 1.807) is 0 Å². The van der Waals surface area contributed by atoms with E-state index in [1.165, 1.54) is 11.3 Å². The van der Waals surface area contributed by atoms with Crippen molar-refractivity contribution in [2.75, 3.05) is 6.54 Å². The Morgan fingerprint density at radius 3 is 2.90 bits per heavy atom. The number of aryl methyl sites for hydroxylation is 2. The van der Waals surface area contributed by atoms with E-state index in [1.807, 2.05) is 28.9 Å². The summed E-state index contributed by atoms with van der Waals surface area (Å²) in [5, 5.41) is 17.6. The molecule has 5 heteroatoms. The molecule has 0 radical (unpaired) electrons. The molecule has 0 aliphatic carbocycles. The predicted octanol–water partition coefficient (Wildman–Crippen LogP) is 2.30. The van der Waals surface area contributed by atoms with Crippen LogP contribution in [0.2, 0.25) is 5.02 Å². The third-order valence-electron chi connectivity index (χ3n) is 3.64. The zero-order chi connectivity index (χ0) is 13.9. The SMILES string of the molecule is N#Cc1nn(CCc2ccc(Cl)cc2)c2c1CNCC2. The largest absolute Gasteiger partial charge is 0.312 e. The molecule has 20 heavy (non-hydrogen) atoms. The second-order valence-corrected chi connectivity index (χ2v) is 5.35. The van der Waals surface area contributed by atoms with Gasteiger partial charge >= 0.3 is 0 Å². The van der Waals surface area contributed by atoms with Gasteiger partial charge in [-0.25, -0.2) is 0 Å². The third kappa shape index (κ3) is 2.55. The van der Waals surface area contributed by atoms with Crippen LogP contribution in [0.4, 0.5) is 0 Å². The van der Waals surface area contributed by atoms with Crippen LogP contribution in [0.25, 0.3) is 0 Å². The Hall–Kier alpha value is -1.83. The van der Waals surface area contributed by atoms with Crippen molar-refractivity contribution in [2.45, 2.75) is 25.9 Å². The Morgan fingerprint density at radius 2 is 2.15 bits per heavy atom. The van der Waals surface area contributed by atoms with Gasteiger partial charge in [0.25, 0.3) is 0 Å². The number of nitrogens with one attached hydrogen (secondary N) is 1. The van der Waals surface area contributed by atoms with Crippen molar-refractivity contribution in [3.05, 3.63) is 51.8 Å². The van der Waals surface area contributed by atoms with Crippen molar-refractivity contribution in [1.29, 1.82) is 5.26 Å². The fourth-order valence-electron chi connectivity index (χ4n) is 2.58. The van der Waals surface area contributed by atoms with Crippen molar-refractivity contribution < 1.29 is 0 Å². The summed E-state index contributed by atoms with van der Waals surface area (Å²) >= 11 is 5.89. The second kappa shape index (κ2) is 5.66. The van der Waals surface area contributed by atoms with Crippen molar-refractivity contribution in [3.63, 3.8) is 0 Å². The van der Waals surface area contributed by atoms with E-state index in [2.05, 4.69) is 16.5 Å². The monoisotopic (exact) mass is 286 g/mol. The van der Waals surface area contributed by atoms with Gasteiger partial charge in [-0.2, -0.15) is 10.4 Å². The third-order valence-corrected chi connectivity index (χ3v) is 3.89. The molecule has 1 aromatic carbocycles. The number of hydrogen-bond acceptors (Lipinski definition) is 3. The Labute approximate surface area is 123 Å². The van der Waals surface area contributed by atoms with E-state index in [0.717, 1.165) is 43.1 Å². The first kappa shape index (κ1) is 13.2. The minimum absolute atomic E-state index is 0.559. The number of nitrogens with zero attached hydrogens (tertiary/aromatic N) is 3. The van der Waals surface area contributed by atoms with Gasteiger partial charge < -0.3 is 5.32 Å². The molecule has 0 spiro atoms. The number of benzene rings is 1. The minimum Gasteiger partial charge on any atom is -0.312 e. The summed E-state index contributed by atoms with van der Waals surface area (Å²) in [4.78, 5) is 0. The van der Waals surface area contributed by atoms with Crippen LogP contribution in [0, 0.1) is 11.3 Å². The van der Waals surface area contributed by atoms with E-state index >= 15 is 0 Å². The Kier molecular flexibility index (Phi) is 3.72. The molecule has 4 nitrogen and oxygen atoms in total. The van der Waals surface area contributed by atoms with Gasteiger partial charge in [-0.1, -0.05) is 23.7 Å². The average Bonchev–Trinajstić information content (AvgIpc) is 2.85. The van der Waals surface area contributed by atoms with Gasteiger partial charge in [0.15, 0.2) is 5.69 Å². The van der Waals surface area contributed by atoms with Gasteiger partial charge in [0.2, 0.25) is 0 Å². The number of halogens is 1. The fourth-order valence-corrected chi connectivity index (χ4v) is 2.71. The molecule has 1 N–H and O–H groups in total. The molecular weight excluding hydrogens is 272 g/mol. The molecule has 2 heterocycles. The van der Waals surface area contributed by atoms with Gasteiger partial charge in [0.1, 0.15) is 6.07 Å². The zero-order valence-corrected chi connectivity index (χ0v) is 11.8. The average molecular weight is 287 g/mol. The predicted molar refractivity (Wildman–Crippen MR) is 77.5 cm³/mol. The lowest BCUT2D eigenvalue weighted by Crippen LogP contribution is -2.25.